The molecule has 3 N–H and O–H groups in total. The first-order chi connectivity index (χ1) is 26.5. The average Bonchev–Trinajstić information content (AvgIpc) is 3.53. The number of aromatic nitrogens is 2. The van der Waals surface area contributed by atoms with Crippen molar-refractivity contribution in [2.45, 2.75) is 142 Å². The molecular formula is C39H62N4O12SSi2. The summed E-state index contributed by atoms with van der Waals surface area (Å²) in [4.78, 5) is 53.8. The Kier molecular flexibility index (Phi) is 13.9. The number of nitrogens with zero attached hydrogens (tertiary/aromatic N) is 2. The van der Waals surface area contributed by atoms with Crippen molar-refractivity contribution in [2.24, 2.45) is 11.7 Å². The van der Waals surface area contributed by atoms with Gasteiger partial charge in [-0.1, -0.05) is 85.7 Å². The van der Waals surface area contributed by atoms with E-state index in [2.05, 4.69) is 26.1 Å². The molecule has 1 aromatic carbocycles. The summed E-state index contributed by atoms with van der Waals surface area (Å²) in [7, 11) is -9.62. The molecule has 3 heterocycles. The van der Waals surface area contributed by atoms with Gasteiger partial charge in [0, 0.05) is 11.8 Å². The second-order valence-corrected chi connectivity index (χ2v) is 29.3. The van der Waals surface area contributed by atoms with Gasteiger partial charge in [-0.15, -0.1) is 0 Å². The number of benzene rings is 1. The average molecular weight is 867 g/mol. The minimum Gasteiger partial charge on any atom is -0.462 e. The van der Waals surface area contributed by atoms with Crippen LogP contribution in [0.1, 0.15) is 72.7 Å². The zero-order valence-corrected chi connectivity index (χ0v) is 38.9. The van der Waals surface area contributed by atoms with Crippen molar-refractivity contribution in [1.82, 2.24) is 14.5 Å². The quantitative estimate of drug-likeness (QED) is 0.146. The van der Waals surface area contributed by atoms with Crippen molar-refractivity contribution in [3.63, 3.8) is 0 Å². The molecule has 2 aliphatic rings. The Labute approximate surface area is 343 Å². The Balaban J connectivity index is 1.69. The molecule has 19 heteroatoms. The molecule has 0 radical (unpaired) electrons. The molecule has 0 saturated carbocycles. The molecule has 2 aromatic rings. The lowest BCUT2D eigenvalue weighted by Crippen LogP contribution is -2.59. The lowest BCUT2D eigenvalue weighted by Gasteiger charge is -2.43. The van der Waals surface area contributed by atoms with Gasteiger partial charge in [-0.3, -0.25) is 13.9 Å². The zero-order chi connectivity index (χ0) is 43.8. The van der Waals surface area contributed by atoms with Gasteiger partial charge in [-0.25, -0.2) is 18.6 Å². The second-order valence-electron chi connectivity index (χ2n) is 18.4. The van der Waals surface area contributed by atoms with Gasteiger partial charge in [0.1, 0.15) is 31.5 Å². The summed E-state index contributed by atoms with van der Waals surface area (Å²) in [6.45, 7) is 24.2. The summed E-state index contributed by atoms with van der Waals surface area (Å²) in [5, 5.41) is 2.76. The van der Waals surface area contributed by atoms with Gasteiger partial charge in [0.25, 0.3) is 15.7 Å². The first kappa shape index (κ1) is 47.1. The molecule has 58 heavy (non-hydrogen) atoms. The van der Waals surface area contributed by atoms with Crippen molar-refractivity contribution in [3.05, 3.63) is 79.6 Å². The van der Waals surface area contributed by atoms with E-state index in [-0.39, 0.29) is 36.1 Å². The van der Waals surface area contributed by atoms with Gasteiger partial charge in [0.05, 0.1) is 24.3 Å². The highest BCUT2D eigenvalue weighted by molar-refractivity contribution is 7.90. The summed E-state index contributed by atoms with van der Waals surface area (Å²) in [6.07, 6.45) is -3.30. The number of aryl methyl sites for hydroxylation is 1. The van der Waals surface area contributed by atoms with Crippen LogP contribution in [0.4, 0.5) is 4.79 Å². The highest BCUT2D eigenvalue weighted by Crippen LogP contribution is 2.52. The largest absolute Gasteiger partial charge is 0.462 e. The molecule has 0 aliphatic carbocycles. The van der Waals surface area contributed by atoms with Crippen LogP contribution in [0.25, 0.3) is 0 Å². The third kappa shape index (κ3) is 10.0. The van der Waals surface area contributed by atoms with E-state index in [4.69, 9.17) is 33.0 Å². The van der Waals surface area contributed by atoms with Crippen LogP contribution in [0.3, 0.4) is 0 Å². The number of nitrogens with one attached hydrogen (secondary N) is 1. The fourth-order valence-electron chi connectivity index (χ4n) is 6.07. The van der Waals surface area contributed by atoms with E-state index in [9.17, 15) is 27.6 Å². The number of carbonyl (C=O) groups excluding carboxylic acids is 2. The van der Waals surface area contributed by atoms with E-state index in [1.54, 1.807) is 26.0 Å². The van der Waals surface area contributed by atoms with E-state index in [1.165, 1.54) is 17.7 Å². The summed E-state index contributed by atoms with van der Waals surface area (Å²) >= 11 is 0. The molecule has 1 fully saturated rings. The summed E-state index contributed by atoms with van der Waals surface area (Å²) in [5.74, 6) is -1.18. The SMILES string of the molecule is Cc1cn([C@@H]2O[C@H](CO[Si](C)(C)C(C)(C)C)C3(OS(=O)(=O)C=C3N)[C@H]2O[Si](C)(C)C(C)(C)C)c(=O)n(CCOC(=O)[C@@H](NC(=O)OCc2ccccc2)C(C)C)c1=O. The van der Waals surface area contributed by atoms with Gasteiger partial charge < -0.3 is 34.1 Å². The maximum absolute atomic E-state index is 14.4. The molecule has 1 saturated heterocycles. The van der Waals surface area contributed by atoms with Crippen LogP contribution in [0.15, 0.2) is 57.2 Å². The molecule has 16 nitrogen and oxygen atoms in total. The van der Waals surface area contributed by atoms with Crippen LogP contribution in [0.5, 0.6) is 0 Å². The van der Waals surface area contributed by atoms with Crippen LogP contribution in [0, 0.1) is 12.8 Å². The fraction of sp³-hybridized carbons (Fsp3) is 0.641. The lowest BCUT2D eigenvalue weighted by molar-refractivity contribution is -0.147. The molecule has 1 amide bonds. The standard InChI is InChI=1S/C39H62N4O12SSi2/c1-25(2)30(41-35(46)51-22-27-17-15-14-16-18-27)34(45)50-20-19-42-32(44)26(3)21-43(36(42)47)33-31(54-58(12,13)38(7,8)9)39(28(40)24-56(48,49)55-39)29(53-33)23-52-57(10,11)37(4,5)6/h14-18,21,24-25,29-31,33H,19-20,22-23,40H2,1-13H3,(H,41,46)/t29-,30+,31+,33-,39?/m1/s1. The Hall–Kier alpha value is -3.60. The number of carbonyl (C=O) groups is 2. The monoisotopic (exact) mass is 866 g/mol. The lowest BCUT2D eigenvalue weighted by atomic mass is 9.89. The molecule has 1 aromatic heterocycles. The van der Waals surface area contributed by atoms with Crippen molar-refractivity contribution in [3.8, 4) is 0 Å². The Bertz CT molecular complexity index is 2090. The minimum atomic E-state index is -4.32. The number of ether oxygens (including phenoxy) is 3. The summed E-state index contributed by atoms with van der Waals surface area (Å²) in [5.41, 5.74) is 3.94. The van der Waals surface area contributed by atoms with Crippen molar-refractivity contribution < 1.29 is 45.3 Å². The number of rotatable bonds is 14. The van der Waals surface area contributed by atoms with Crippen molar-refractivity contribution >= 4 is 38.8 Å². The predicted octanol–water partition coefficient (Wildman–Crippen LogP) is 5.02. The predicted molar refractivity (Wildman–Crippen MR) is 223 cm³/mol. The smallest absolute Gasteiger partial charge is 0.408 e. The van der Waals surface area contributed by atoms with Crippen molar-refractivity contribution in [1.29, 1.82) is 0 Å². The second kappa shape index (κ2) is 17.2. The van der Waals surface area contributed by atoms with Crippen LogP contribution < -0.4 is 22.3 Å². The molecule has 2 aliphatic heterocycles. The highest BCUT2D eigenvalue weighted by Gasteiger charge is 2.67. The van der Waals surface area contributed by atoms with Gasteiger partial charge in [0.15, 0.2) is 28.5 Å². The van der Waals surface area contributed by atoms with Crippen molar-refractivity contribution in [2.75, 3.05) is 13.2 Å². The van der Waals surface area contributed by atoms with Gasteiger partial charge >= 0.3 is 17.8 Å². The number of nitrogens with two attached hydrogens (primary N) is 1. The molecule has 324 valence electrons. The number of esters is 1. The Morgan fingerprint density at radius 3 is 2.12 bits per heavy atom. The molecular weight excluding hydrogens is 805 g/mol. The number of hydrogen-bond acceptors (Lipinski definition) is 13. The van der Waals surface area contributed by atoms with Crippen LogP contribution in [-0.4, -0.2) is 83.3 Å². The molecule has 4 rings (SSSR count). The first-order valence-corrected chi connectivity index (χ1v) is 26.7. The van der Waals surface area contributed by atoms with E-state index < -0.39 is 97.7 Å². The van der Waals surface area contributed by atoms with Gasteiger partial charge in [-0.05, 0) is 54.7 Å². The normalized spacial score (nSPS) is 22.9. The maximum atomic E-state index is 14.4. The van der Waals surface area contributed by atoms with E-state index in [0.717, 1.165) is 15.5 Å². The van der Waals surface area contributed by atoms with E-state index >= 15 is 0 Å². The molecule has 1 unspecified atom stereocenters. The topological polar surface area (TPSA) is 206 Å². The Morgan fingerprint density at radius 2 is 1.59 bits per heavy atom. The first-order valence-electron chi connectivity index (χ1n) is 19.4. The van der Waals surface area contributed by atoms with Crippen LogP contribution in [0.2, 0.25) is 36.3 Å². The summed E-state index contributed by atoms with van der Waals surface area (Å²) < 4.78 is 65.3. The van der Waals surface area contributed by atoms with E-state index in [0.29, 0.717) is 0 Å². The van der Waals surface area contributed by atoms with Crippen LogP contribution in [-0.2, 0) is 55.3 Å². The Morgan fingerprint density at radius 1 is 0.983 bits per heavy atom. The highest BCUT2D eigenvalue weighted by atomic mass is 32.2. The van der Waals surface area contributed by atoms with E-state index in [1.807, 2.05) is 65.2 Å². The van der Waals surface area contributed by atoms with Crippen LogP contribution >= 0.6 is 0 Å². The van der Waals surface area contributed by atoms with Gasteiger partial charge in [-0.2, -0.15) is 8.42 Å². The maximum Gasteiger partial charge on any atom is 0.408 e. The van der Waals surface area contributed by atoms with Gasteiger partial charge in [0.2, 0.25) is 0 Å². The number of hydrogen-bond donors (Lipinski definition) is 2. The summed E-state index contributed by atoms with van der Waals surface area (Å²) in [6, 6.07) is 7.96. The third-order valence-electron chi connectivity index (χ3n) is 11.7. The molecule has 0 bridgehead atoms. The number of alkyl carbamates (subject to hydrolysis) is 1. The minimum absolute atomic E-state index is 0.00206. The fourth-order valence-corrected chi connectivity index (χ4v) is 9.58. The number of amides is 1. The zero-order valence-electron chi connectivity index (χ0n) is 36.0. The third-order valence-corrected chi connectivity index (χ3v) is 21.7. The molecule has 5 atom stereocenters. The molecule has 1 spiro atoms.